The molecule has 1 N–H and O–H groups in total. The average molecular weight is 265 g/mol. The van der Waals surface area contributed by atoms with Crippen molar-refractivity contribution in [1.82, 2.24) is 15.2 Å². The van der Waals surface area contributed by atoms with Crippen molar-refractivity contribution >= 4 is 0 Å². The second-order valence-corrected chi connectivity index (χ2v) is 6.01. The number of allylic oxidation sites excluding steroid dienone is 2. The molecule has 0 radical (unpaired) electrons. The molecule has 102 valence electrons. The Kier molecular flexibility index (Phi) is 2.91. The van der Waals surface area contributed by atoms with Crippen molar-refractivity contribution in [2.75, 3.05) is 0 Å². The number of rotatable bonds is 4. The lowest BCUT2D eigenvalue weighted by Gasteiger charge is -2.13. The van der Waals surface area contributed by atoms with Crippen molar-refractivity contribution in [2.24, 2.45) is 11.8 Å². The van der Waals surface area contributed by atoms with Gasteiger partial charge in [-0.1, -0.05) is 42.5 Å². The standard InChI is InChI=1S/C17H19N3/c1-2-4-12(5-3-1)7-9-16-18-17(20-19-16)15-11-13-6-8-14(15)10-13/h1-6,8,13-15H,7,9-11H2,(H,18,19,20)/t13-,14+,15-/m1/s1. The first-order valence-corrected chi connectivity index (χ1v) is 7.52. The number of aromatic amines is 1. The van der Waals surface area contributed by atoms with Crippen LogP contribution in [0.3, 0.4) is 0 Å². The molecule has 1 fully saturated rings. The molecular formula is C17H19N3. The molecule has 4 rings (SSSR count). The highest BCUT2D eigenvalue weighted by Gasteiger charge is 2.38. The van der Waals surface area contributed by atoms with Gasteiger partial charge in [-0.3, -0.25) is 5.10 Å². The molecular weight excluding hydrogens is 246 g/mol. The van der Waals surface area contributed by atoms with E-state index in [0.29, 0.717) is 11.8 Å². The molecule has 1 saturated carbocycles. The second kappa shape index (κ2) is 4.89. The van der Waals surface area contributed by atoms with Gasteiger partial charge < -0.3 is 0 Å². The lowest BCUT2D eigenvalue weighted by molar-refractivity contribution is 0.554. The number of H-pyrrole nitrogens is 1. The zero-order valence-electron chi connectivity index (χ0n) is 11.5. The van der Waals surface area contributed by atoms with Crippen LogP contribution < -0.4 is 0 Å². The van der Waals surface area contributed by atoms with E-state index in [0.717, 1.165) is 30.4 Å². The summed E-state index contributed by atoms with van der Waals surface area (Å²) < 4.78 is 0. The normalized spacial score (nSPS) is 27.3. The molecule has 2 bridgehead atoms. The molecule has 3 heteroatoms. The average Bonchev–Trinajstić information content (AvgIpc) is 3.22. The van der Waals surface area contributed by atoms with Crippen LogP contribution in [0.25, 0.3) is 0 Å². The number of aryl methyl sites for hydroxylation is 2. The molecule has 1 heterocycles. The largest absolute Gasteiger partial charge is 0.263 e. The lowest BCUT2D eigenvalue weighted by Crippen LogP contribution is -2.07. The van der Waals surface area contributed by atoms with Gasteiger partial charge >= 0.3 is 0 Å². The highest BCUT2D eigenvalue weighted by molar-refractivity contribution is 5.19. The van der Waals surface area contributed by atoms with E-state index < -0.39 is 0 Å². The van der Waals surface area contributed by atoms with Crippen molar-refractivity contribution in [2.45, 2.75) is 31.6 Å². The van der Waals surface area contributed by atoms with Gasteiger partial charge in [-0.15, -0.1) is 0 Å². The van der Waals surface area contributed by atoms with Gasteiger partial charge in [0.05, 0.1) is 0 Å². The third-order valence-electron chi connectivity index (χ3n) is 4.65. The lowest BCUT2D eigenvalue weighted by atomic mass is 9.93. The van der Waals surface area contributed by atoms with Crippen LogP contribution in [0.4, 0.5) is 0 Å². The van der Waals surface area contributed by atoms with Crippen LogP contribution in [-0.2, 0) is 12.8 Å². The fraction of sp³-hybridized carbons (Fsp3) is 0.412. The van der Waals surface area contributed by atoms with E-state index in [1.165, 1.54) is 18.4 Å². The van der Waals surface area contributed by atoms with Crippen molar-refractivity contribution < 1.29 is 0 Å². The fourth-order valence-corrected chi connectivity index (χ4v) is 3.57. The molecule has 1 aromatic heterocycles. The third-order valence-corrected chi connectivity index (χ3v) is 4.65. The molecule has 3 nitrogen and oxygen atoms in total. The Morgan fingerprint density at radius 2 is 1.95 bits per heavy atom. The molecule has 2 aliphatic carbocycles. The maximum Gasteiger partial charge on any atom is 0.154 e. The van der Waals surface area contributed by atoms with Crippen LogP contribution in [-0.4, -0.2) is 15.2 Å². The Morgan fingerprint density at radius 3 is 2.70 bits per heavy atom. The van der Waals surface area contributed by atoms with E-state index in [1.54, 1.807) is 0 Å². The second-order valence-electron chi connectivity index (χ2n) is 6.01. The van der Waals surface area contributed by atoms with Gasteiger partial charge in [-0.2, -0.15) is 5.10 Å². The summed E-state index contributed by atoms with van der Waals surface area (Å²) in [6.07, 6.45) is 9.22. The van der Waals surface area contributed by atoms with Gasteiger partial charge in [0, 0.05) is 12.3 Å². The minimum atomic E-state index is 0.548. The van der Waals surface area contributed by atoms with Crippen LogP contribution >= 0.6 is 0 Å². The number of hydrogen-bond acceptors (Lipinski definition) is 2. The van der Waals surface area contributed by atoms with E-state index in [-0.39, 0.29) is 0 Å². The molecule has 0 saturated heterocycles. The predicted molar refractivity (Wildman–Crippen MR) is 78.3 cm³/mol. The number of benzene rings is 1. The summed E-state index contributed by atoms with van der Waals surface area (Å²) in [6, 6.07) is 10.6. The van der Waals surface area contributed by atoms with E-state index in [4.69, 9.17) is 4.98 Å². The summed E-state index contributed by atoms with van der Waals surface area (Å²) in [7, 11) is 0. The summed E-state index contributed by atoms with van der Waals surface area (Å²) in [4.78, 5) is 4.73. The number of aromatic nitrogens is 3. The van der Waals surface area contributed by atoms with Crippen LogP contribution in [0.15, 0.2) is 42.5 Å². The highest BCUT2D eigenvalue weighted by atomic mass is 15.2. The Labute approximate surface area is 119 Å². The molecule has 2 aliphatic rings. The molecule has 0 amide bonds. The van der Waals surface area contributed by atoms with Gasteiger partial charge in [0.1, 0.15) is 5.82 Å². The van der Waals surface area contributed by atoms with E-state index in [9.17, 15) is 0 Å². The summed E-state index contributed by atoms with van der Waals surface area (Å²) in [5.74, 6) is 4.06. The molecule has 0 aliphatic heterocycles. The first-order chi connectivity index (χ1) is 9.88. The zero-order chi connectivity index (χ0) is 13.4. The number of hydrogen-bond donors (Lipinski definition) is 1. The maximum atomic E-state index is 4.73. The summed E-state index contributed by atoms with van der Waals surface area (Å²) >= 11 is 0. The van der Waals surface area contributed by atoms with Crippen LogP contribution in [0.5, 0.6) is 0 Å². The monoisotopic (exact) mass is 265 g/mol. The zero-order valence-corrected chi connectivity index (χ0v) is 11.5. The molecule has 2 aromatic rings. The van der Waals surface area contributed by atoms with Crippen LogP contribution in [0.2, 0.25) is 0 Å². The Balaban J connectivity index is 1.42. The van der Waals surface area contributed by atoms with Gasteiger partial charge in [0.15, 0.2) is 5.82 Å². The summed E-state index contributed by atoms with van der Waals surface area (Å²) in [6.45, 7) is 0. The van der Waals surface area contributed by atoms with E-state index >= 15 is 0 Å². The fourth-order valence-electron chi connectivity index (χ4n) is 3.57. The van der Waals surface area contributed by atoms with Crippen molar-refractivity contribution in [1.29, 1.82) is 0 Å². The minimum absolute atomic E-state index is 0.548. The SMILES string of the molecule is C1=C[C@H]2C[C@@H]1C[C@H]2c1n[nH]c(CCc2ccccc2)n1. The van der Waals surface area contributed by atoms with Gasteiger partial charge in [-0.05, 0) is 36.7 Å². The number of fused-ring (bicyclic) bond motifs is 2. The summed E-state index contributed by atoms with van der Waals surface area (Å²) in [5.41, 5.74) is 1.35. The number of nitrogens with zero attached hydrogens (tertiary/aromatic N) is 2. The summed E-state index contributed by atoms with van der Waals surface area (Å²) in [5, 5.41) is 7.59. The third kappa shape index (κ3) is 2.17. The molecule has 1 aromatic carbocycles. The minimum Gasteiger partial charge on any atom is -0.263 e. The van der Waals surface area contributed by atoms with Crippen molar-refractivity contribution in [3.05, 3.63) is 59.7 Å². The van der Waals surface area contributed by atoms with Crippen molar-refractivity contribution in [3.63, 3.8) is 0 Å². The van der Waals surface area contributed by atoms with Crippen LogP contribution in [0, 0.1) is 11.8 Å². The quantitative estimate of drug-likeness (QED) is 0.862. The Morgan fingerprint density at radius 1 is 1.05 bits per heavy atom. The van der Waals surface area contributed by atoms with Gasteiger partial charge in [0.25, 0.3) is 0 Å². The Hall–Kier alpha value is -1.90. The number of nitrogens with one attached hydrogen (secondary N) is 1. The highest BCUT2D eigenvalue weighted by Crippen LogP contribution is 2.47. The molecule has 3 atom stereocenters. The topological polar surface area (TPSA) is 41.6 Å². The first kappa shape index (κ1) is 11.9. The van der Waals surface area contributed by atoms with E-state index in [2.05, 4.69) is 52.7 Å². The smallest absolute Gasteiger partial charge is 0.154 e. The molecule has 20 heavy (non-hydrogen) atoms. The van der Waals surface area contributed by atoms with Crippen LogP contribution in [0.1, 0.15) is 36.0 Å². The van der Waals surface area contributed by atoms with Crippen molar-refractivity contribution in [3.8, 4) is 0 Å². The van der Waals surface area contributed by atoms with Gasteiger partial charge in [-0.25, -0.2) is 4.98 Å². The maximum absolute atomic E-state index is 4.73. The molecule has 0 unspecified atom stereocenters. The first-order valence-electron chi connectivity index (χ1n) is 7.52. The predicted octanol–water partition coefficient (Wildman–Crippen LogP) is 3.27. The Bertz CT molecular complexity index is 614. The molecule has 0 spiro atoms. The van der Waals surface area contributed by atoms with Gasteiger partial charge in [0.2, 0.25) is 0 Å². The van der Waals surface area contributed by atoms with E-state index in [1.807, 2.05) is 0 Å².